The lowest BCUT2D eigenvalue weighted by atomic mass is 9.65. The standard InChI is InChI=1S/C19H14O7/c1-19-3-2-11(26-18(19)24)12-9(19)5-10(21)13-14(12)16(23)17-8(15(13)22)4-7(6-20)25-17/h4-5,11,20-21H,2-3,6H2,1H3/t11-,19+/m1/s1. The molecule has 0 radical (unpaired) electrons. The third-order valence-corrected chi connectivity index (χ3v) is 5.71. The number of carbonyl (C=O) groups is 3. The van der Waals surface area contributed by atoms with E-state index in [2.05, 4.69) is 0 Å². The maximum absolute atomic E-state index is 13.1. The molecule has 0 unspecified atom stereocenters. The van der Waals surface area contributed by atoms with Crippen molar-refractivity contribution in [1.29, 1.82) is 0 Å². The Labute approximate surface area is 147 Å². The number of rotatable bonds is 1. The molecular formula is C19H14O7. The average Bonchev–Trinajstić information content (AvgIpc) is 3.06. The van der Waals surface area contributed by atoms with E-state index in [1.807, 2.05) is 0 Å². The van der Waals surface area contributed by atoms with E-state index in [0.717, 1.165) is 0 Å². The van der Waals surface area contributed by atoms with Crippen LogP contribution in [0.15, 0.2) is 16.5 Å². The van der Waals surface area contributed by atoms with Crippen molar-refractivity contribution >= 4 is 17.5 Å². The van der Waals surface area contributed by atoms with Gasteiger partial charge in [-0.1, -0.05) is 0 Å². The molecule has 2 bridgehead atoms. The Bertz CT molecular complexity index is 1040. The molecule has 4 aliphatic rings. The number of phenolic OH excluding ortho intramolecular Hbond substituents is 1. The smallest absolute Gasteiger partial charge is 0.316 e. The molecule has 1 saturated heterocycles. The number of aromatic hydroxyl groups is 1. The average molecular weight is 354 g/mol. The first-order chi connectivity index (χ1) is 12.4. The first-order valence-corrected chi connectivity index (χ1v) is 8.31. The Morgan fingerprint density at radius 2 is 1.96 bits per heavy atom. The van der Waals surface area contributed by atoms with Crippen LogP contribution in [0.5, 0.6) is 5.75 Å². The number of hydrogen-bond donors (Lipinski definition) is 2. The summed E-state index contributed by atoms with van der Waals surface area (Å²) in [7, 11) is 0. The summed E-state index contributed by atoms with van der Waals surface area (Å²) in [6, 6.07) is 2.72. The number of aliphatic hydroxyl groups excluding tert-OH is 1. The van der Waals surface area contributed by atoms with Gasteiger partial charge in [0.05, 0.1) is 16.5 Å². The highest BCUT2D eigenvalue weighted by molar-refractivity contribution is 6.29. The number of ether oxygens (including phenoxy) is 1. The summed E-state index contributed by atoms with van der Waals surface area (Å²) < 4.78 is 10.8. The van der Waals surface area contributed by atoms with Crippen molar-refractivity contribution in [1.82, 2.24) is 0 Å². The molecule has 0 amide bonds. The van der Waals surface area contributed by atoms with E-state index in [9.17, 15) is 24.6 Å². The number of carbonyl (C=O) groups excluding carboxylic acids is 3. The molecule has 2 N–H and O–H groups in total. The fraction of sp³-hybridized carbons (Fsp3) is 0.316. The van der Waals surface area contributed by atoms with Gasteiger partial charge in [0.2, 0.25) is 11.6 Å². The van der Waals surface area contributed by atoms with Crippen LogP contribution in [0.4, 0.5) is 0 Å². The van der Waals surface area contributed by atoms with Gasteiger partial charge < -0.3 is 19.4 Å². The van der Waals surface area contributed by atoms with Crippen LogP contribution < -0.4 is 0 Å². The van der Waals surface area contributed by atoms with E-state index < -0.39 is 35.7 Å². The zero-order valence-corrected chi connectivity index (χ0v) is 13.8. The minimum atomic E-state index is -0.959. The van der Waals surface area contributed by atoms with Gasteiger partial charge in [-0.25, -0.2) is 0 Å². The number of phenols is 1. The number of aliphatic hydroxyl groups is 1. The first-order valence-electron chi connectivity index (χ1n) is 8.31. The largest absolute Gasteiger partial charge is 0.507 e. The van der Waals surface area contributed by atoms with Crippen molar-refractivity contribution in [3.63, 3.8) is 0 Å². The Morgan fingerprint density at radius 1 is 1.19 bits per heavy atom. The van der Waals surface area contributed by atoms with Crippen molar-refractivity contribution < 1.29 is 33.8 Å². The zero-order chi connectivity index (χ0) is 18.4. The maximum atomic E-state index is 13.1. The van der Waals surface area contributed by atoms with Crippen molar-refractivity contribution in [3.8, 4) is 5.75 Å². The summed E-state index contributed by atoms with van der Waals surface area (Å²) in [6.45, 7) is 1.26. The molecule has 26 heavy (non-hydrogen) atoms. The van der Waals surface area contributed by atoms with Crippen molar-refractivity contribution in [2.45, 2.75) is 37.9 Å². The second-order valence-electron chi connectivity index (χ2n) is 7.14. The molecule has 6 rings (SSSR count). The molecule has 2 aliphatic carbocycles. The number of benzene rings is 1. The molecule has 1 aromatic carbocycles. The van der Waals surface area contributed by atoms with Crippen molar-refractivity contribution in [2.24, 2.45) is 0 Å². The SMILES string of the molecule is C[C@@]12CC[C@@H](OC1=O)c1c2cc(O)c2c1C(=O)c1oc(CO)cc1C2=O. The van der Waals surface area contributed by atoms with Crippen LogP contribution in [0.3, 0.4) is 0 Å². The van der Waals surface area contributed by atoms with E-state index in [0.29, 0.717) is 24.0 Å². The fourth-order valence-corrected chi connectivity index (χ4v) is 4.33. The van der Waals surface area contributed by atoms with Gasteiger partial charge in [0.15, 0.2) is 5.76 Å². The second kappa shape index (κ2) is 4.62. The van der Waals surface area contributed by atoms with Gasteiger partial charge in [-0.3, -0.25) is 14.4 Å². The van der Waals surface area contributed by atoms with Crippen LogP contribution in [0.25, 0.3) is 0 Å². The molecule has 7 nitrogen and oxygen atoms in total. The summed E-state index contributed by atoms with van der Waals surface area (Å²) in [6.07, 6.45) is 0.463. The topological polar surface area (TPSA) is 114 Å². The molecule has 0 saturated carbocycles. The van der Waals surface area contributed by atoms with Gasteiger partial charge in [0.1, 0.15) is 24.2 Å². The molecule has 132 valence electrons. The summed E-state index contributed by atoms with van der Waals surface area (Å²) in [5.74, 6) is -1.88. The number of hydrogen-bond acceptors (Lipinski definition) is 7. The minimum Gasteiger partial charge on any atom is -0.507 e. The van der Waals surface area contributed by atoms with Gasteiger partial charge in [-0.05, 0) is 37.5 Å². The molecule has 2 aliphatic heterocycles. The van der Waals surface area contributed by atoms with Gasteiger partial charge in [0, 0.05) is 11.1 Å². The number of furan rings is 1. The van der Waals surface area contributed by atoms with Crippen LogP contribution in [-0.4, -0.2) is 27.7 Å². The van der Waals surface area contributed by atoms with Gasteiger partial charge in [0.25, 0.3) is 0 Å². The number of ketones is 2. The van der Waals surface area contributed by atoms with Crippen LogP contribution in [-0.2, 0) is 21.6 Å². The zero-order valence-electron chi connectivity index (χ0n) is 13.8. The van der Waals surface area contributed by atoms with Crippen molar-refractivity contribution in [3.05, 3.63) is 51.5 Å². The highest BCUT2D eigenvalue weighted by atomic mass is 16.5. The Kier molecular flexibility index (Phi) is 2.72. The number of fused-ring (bicyclic) bond motifs is 4. The molecule has 2 aromatic rings. The van der Waals surface area contributed by atoms with E-state index in [1.54, 1.807) is 6.92 Å². The van der Waals surface area contributed by atoms with E-state index in [1.165, 1.54) is 12.1 Å². The number of esters is 1. The minimum absolute atomic E-state index is 0.0194. The summed E-state index contributed by atoms with van der Waals surface area (Å²) >= 11 is 0. The predicted octanol–water partition coefficient (Wildman–Crippen LogP) is 1.90. The van der Waals surface area contributed by atoms with E-state index in [-0.39, 0.29) is 34.0 Å². The fourth-order valence-electron chi connectivity index (χ4n) is 4.33. The summed E-state index contributed by atoms with van der Waals surface area (Å²) in [5.41, 5.74) is 0.0148. The lowest BCUT2D eigenvalue weighted by molar-refractivity contribution is -0.166. The van der Waals surface area contributed by atoms with Crippen LogP contribution in [0.1, 0.15) is 74.8 Å². The van der Waals surface area contributed by atoms with Crippen LogP contribution >= 0.6 is 0 Å². The monoisotopic (exact) mass is 354 g/mol. The summed E-state index contributed by atoms with van der Waals surface area (Å²) in [4.78, 5) is 38.3. The lowest BCUT2D eigenvalue weighted by Crippen LogP contribution is -2.46. The molecule has 0 spiro atoms. The van der Waals surface area contributed by atoms with Gasteiger partial charge in [-0.15, -0.1) is 0 Å². The Hall–Kier alpha value is -2.93. The van der Waals surface area contributed by atoms with Gasteiger partial charge >= 0.3 is 5.97 Å². The van der Waals surface area contributed by atoms with Crippen LogP contribution in [0, 0.1) is 0 Å². The van der Waals surface area contributed by atoms with Gasteiger partial charge in [-0.2, -0.15) is 0 Å². The van der Waals surface area contributed by atoms with Crippen molar-refractivity contribution in [2.75, 3.05) is 0 Å². The Balaban J connectivity index is 1.85. The Morgan fingerprint density at radius 3 is 2.65 bits per heavy atom. The highest BCUT2D eigenvalue weighted by Gasteiger charge is 2.53. The molecular weight excluding hydrogens is 340 g/mol. The molecule has 7 heteroatoms. The quantitative estimate of drug-likeness (QED) is 0.642. The summed E-state index contributed by atoms with van der Waals surface area (Å²) in [5, 5.41) is 19.8. The second-order valence-corrected chi connectivity index (χ2v) is 7.14. The third-order valence-electron chi connectivity index (χ3n) is 5.71. The van der Waals surface area contributed by atoms with Crippen LogP contribution in [0.2, 0.25) is 0 Å². The third kappa shape index (κ3) is 1.59. The first kappa shape index (κ1) is 15.3. The molecule has 3 heterocycles. The maximum Gasteiger partial charge on any atom is 0.316 e. The highest BCUT2D eigenvalue weighted by Crippen LogP contribution is 2.54. The molecule has 1 fully saturated rings. The van der Waals surface area contributed by atoms with E-state index in [4.69, 9.17) is 9.15 Å². The lowest BCUT2D eigenvalue weighted by Gasteiger charge is -2.45. The molecule has 1 aromatic heterocycles. The normalized spacial score (nSPS) is 25.6. The molecule has 2 atom stereocenters. The predicted molar refractivity (Wildman–Crippen MR) is 85.0 cm³/mol. The van der Waals surface area contributed by atoms with E-state index >= 15 is 0 Å².